The molecule has 144 valence electrons. The van der Waals surface area contributed by atoms with Crippen LogP contribution in [0.15, 0.2) is 48.7 Å². The fourth-order valence-electron chi connectivity index (χ4n) is 3.81. The number of anilines is 1. The number of hydrogen-bond acceptors (Lipinski definition) is 4. The van der Waals surface area contributed by atoms with Crippen LogP contribution in [0.2, 0.25) is 0 Å². The maximum Gasteiger partial charge on any atom is 0.272 e. The van der Waals surface area contributed by atoms with Crippen molar-refractivity contribution in [1.29, 1.82) is 0 Å². The van der Waals surface area contributed by atoms with Crippen molar-refractivity contribution in [1.82, 2.24) is 14.9 Å². The summed E-state index contributed by atoms with van der Waals surface area (Å²) in [4.78, 5) is 26.0. The van der Waals surface area contributed by atoms with Crippen LogP contribution >= 0.6 is 0 Å². The van der Waals surface area contributed by atoms with Crippen molar-refractivity contribution in [3.63, 3.8) is 0 Å². The monoisotopic (exact) mass is 374 g/mol. The minimum absolute atomic E-state index is 0.0113. The van der Waals surface area contributed by atoms with Crippen LogP contribution in [0.3, 0.4) is 0 Å². The molecular formula is C23H26N4O. The molecule has 0 radical (unpaired) electrons. The number of rotatable bonds is 3. The first-order chi connectivity index (χ1) is 13.7. The van der Waals surface area contributed by atoms with Crippen LogP contribution in [-0.4, -0.2) is 47.0 Å². The molecule has 0 aliphatic carbocycles. The normalized spacial score (nSPS) is 14.9. The molecule has 0 bridgehead atoms. The van der Waals surface area contributed by atoms with E-state index in [2.05, 4.69) is 48.0 Å². The van der Waals surface area contributed by atoms with Crippen molar-refractivity contribution in [2.24, 2.45) is 0 Å². The van der Waals surface area contributed by atoms with E-state index in [0.717, 1.165) is 43.8 Å². The minimum atomic E-state index is 0.0113. The standard InChI is InChI=1S/C23H26N4O/c1-3-18-8-9-20-19(16-18)17(2)15-22(25-20)26-11-6-12-27(14-13-26)23(28)21-7-4-5-10-24-21/h4-5,7-10,15-16H,3,6,11-14H2,1-2H3. The van der Waals surface area contributed by atoms with Gasteiger partial charge in [0.05, 0.1) is 5.52 Å². The van der Waals surface area contributed by atoms with Crippen LogP contribution in [-0.2, 0) is 6.42 Å². The van der Waals surface area contributed by atoms with E-state index in [1.165, 1.54) is 16.5 Å². The third kappa shape index (κ3) is 3.70. The molecule has 0 unspecified atom stereocenters. The maximum absolute atomic E-state index is 12.7. The Kier molecular flexibility index (Phi) is 5.24. The van der Waals surface area contributed by atoms with Gasteiger partial charge >= 0.3 is 0 Å². The van der Waals surface area contributed by atoms with E-state index in [1.807, 2.05) is 17.0 Å². The number of nitrogens with zero attached hydrogens (tertiary/aromatic N) is 4. The van der Waals surface area contributed by atoms with E-state index in [9.17, 15) is 4.79 Å². The second kappa shape index (κ2) is 7.97. The molecule has 2 aromatic heterocycles. The zero-order chi connectivity index (χ0) is 19.5. The van der Waals surface area contributed by atoms with Gasteiger partial charge in [-0.05, 0) is 61.2 Å². The summed E-state index contributed by atoms with van der Waals surface area (Å²) in [6.07, 6.45) is 3.62. The number of carbonyl (C=O) groups excluding carboxylic acids is 1. The number of aryl methyl sites for hydroxylation is 2. The molecule has 0 saturated carbocycles. The van der Waals surface area contributed by atoms with Crippen LogP contribution in [0.25, 0.3) is 10.9 Å². The number of aromatic nitrogens is 2. The second-order valence-electron chi connectivity index (χ2n) is 7.35. The van der Waals surface area contributed by atoms with Crippen molar-refractivity contribution >= 4 is 22.6 Å². The van der Waals surface area contributed by atoms with Gasteiger partial charge in [0.2, 0.25) is 0 Å². The van der Waals surface area contributed by atoms with Gasteiger partial charge in [-0.2, -0.15) is 0 Å². The summed E-state index contributed by atoms with van der Waals surface area (Å²) in [7, 11) is 0. The molecule has 28 heavy (non-hydrogen) atoms. The highest BCUT2D eigenvalue weighted by Crippen LogP contribution is 2.24. The molecule has 0 atom stereocenters. The number of hydrogen-bond donors (Lipinski definition) is 0. The van der Waals surface area contributed by atoms with Crippen LogP contribution in [0.4, 0.5) is 5.82 Å². The molecule has 1 aromatic carbocycles. The smallest absolute Gasteiger partial charge is 0.272 e. The third-order valence-corrected chi connectivity index (χ3v) is 5.47. The Hall–Kier alpha value is -2.95. The van der Waals surface area contributed by atoms with E-state index in [-0.39, 0.29) is 5.91 Å². The zero-order valence-electron chi connectivity index (χ0n) is 16.6. The van der Waals surface area contributed by atoms with Crippen molar-refractivity contribution < 1.29 is 4.79 Å². The molecule has 5 heteroatoms. The van der Waals surface area contributed by atoms with Gasteiger partial charge in [-0.25, -0.2) is 4.98 Å². The van der Waals surface area contributed by atoms with Crippen LogP contribution in [0.1, 0.15) is 35.0 Å². The lowest BCUT2D eigenvalue weighted by Gasteiger charge is -2.23. The Morgan fingerprint density at radius 3 is 2.75 bits per heavy atom. The van der Waals surface area contributed by atoms with Gasteiger partial charge in [-0.3, -0.25) is 9.78 Å². The predicted octanol–water partition coefficient (Wildman–Crippen LogP) is 3.85. The van der Waals surface area contributed by atoms with Crippen molar-refractivity contribution in [2.75, 3.05) is 31.1 Å². The van der Waals surface area contributed by atoms with Gasteiger partial charge in [-0.1, -0.05) is 19.1 Å². The Labute approximate surface area is 166 Å². The van der Waals surface area contributed by atoms with Gasteiger partial charge in [0.15, 0.2) is 0 Å². The largest absolute Gasteiger partial charge is 0.355 e. The molecule has 1 aliphatic rings. The Morgan fingerprint density at radius 2 is 1.96 bits per heavy atom. The SMILES string of the molecule is CCc1ccc2nc(N3CCCN(C(=O)c4ccccn4)CC3)cc(C)c2c1. The predicted molar refractivity (Wildman–Crippen MR) is 113 cm³/mol. The zero-order valence-corrected chi connectivity index (χ0v) is 16.6. The first-order valence-corrected chi connectivity index (χ1v) is 10.0. The molecule has 1 fully saturated rings. The van der Waals surface area contributed by atoms with Crippen molar-refractivity contribution in [3.8, 4) is 0 Å². The summed E-state index contributed by atoms with van der Waals surface area (Å²) in [5.74, 6) is 1.01. The summed E-state index contributed by atoms with van der Waals surface area (Å²) in [6, 6.07) is 14.2. The van der Waals surface area contributed by atoms with Crippen LogP contribution < -0.4 is 4.90 Å². The molecule has 0 spiro atoms. The molecule has 1 amide bonds. The average Bonchev–Trinajstić information content (AvgIpc) is 3.00. The maximum atomic E-state index is 12.7. The fraction of sp³-hybridized carbons (Fsp3) is 0.348. The number of pyridine rings is 2. The lowest BCUT2D eigenvalue weighted by atomic mass is 10.1. The first-order valence-electron chi connectivity index (χ1n) is 10.0. The number of carbonyl (C=O) groups is 1. The molecule has 1 saturated heterocycles. The van der Waals surface area contributed by atoms with E-state index < -0.39 is 0 Å². The number of benzene rings is 1. The van der Waals surface area contributed by atoms with E-state index in [0.29, 0.717) is 12.2 Å². The van der Waals surface area contributed by atoms with Crippen molar-refractivity contribution in [2.45, 2.75) is 26.7 Å². The summed E-state index contributed by atoms with van der Waals surface area (Å²) >= 11 is 0. The highest BCUT2D eigenvalue weighted by Gasteiger charge is 2.22. The van der Waals surface area contributed by atoms with Crippen LogP contribution in [0.5, 0.6) is 0 Å². The number of fused-ring (bicyclic) bond motifs is 1. The third-order valence-electron chi connectivity index (χ3n) is 5.47. The lowest BCUT2D eigenvalue weighted by Crippen LogP contribution is -2.35. The summed E-state index contributed by atoms with van der Waals surface area (Å²) < 4.78 is 0. The summed E-state index contributed by atoms with van der Waals surface area (Å²) in [6.45, 7) is 7.44. The molecular weight excluding hydrogens is 348 g/mol. The van der Waals surface area contributed by atoms with Gasteiger partial charge in [0, 0.05) is 37.8 Å². The molecule has 3 heterocycles. The first kappa shape index (κ1) is 18.4. The second-order valence-corrected chi connectivity index (χ2v) is 7.35. The summed E-state index contributed by atoms with van der Waals surface area (Å²) in [5.41, 5.74) is 4.14. The fourth-order valence-corrected chi connectivity index (χ4v) is 3.81. The highest BCUT2D eigenvalue weighted by atomic mass is 16.2. The quantitative estimate of drug-likeness (QED) is 0.699. The molecule has 3 aromatic rings. The average molecular weight is 374 g/mol. The Balaban J connectivity index is 1.53. The van der Waals surface area contributed by atoms with E-state index >= 15 is 0 Å². The van der Waals surface area contributed by atoms with E-state index in [4.69, 9.17) is 4.98 Å². The highest BCUT2D eigenvalue weighted by molar-refractivity contribution is 5.92. The van der Waals surface area contributed by atoms with Gasteiger partial charge < -0.3 is 9.80 Å². The number of amides is 1. The Bertz CT molecular complexity index is 987. The van der Waals surface area contributed by atoms with Crippen LogP contribution in [0, 0.1) is 6.92 Å². The van der Waals surface area contributed by atoms with E-state index in [1.54, 1.807) is 12.3 Å². The molecule has 5 nitrogen and oxygen atoms in total. The topological polar surface area (TPSA) is 49.3 Å². The lowest BCUT2D eigenvalue weighted by molar-refractivity contribution is 0.0761. The van der Waals surface area contributed by atoms with Gasteiger partial charge in [-0.15, -0.1) is 0 Å². The molecule has 1 aliphatic heterocycles. The molecule has 0 N–H and O–H groups in total. The minimum Gasteiger partial charge on any atom is -0.355 e. The molecule has 4 rings (SSSR count). The van der Waals surface area contributed by atoms with Gasteiger partial charge in [0.1, 0.15) is 11.5 Å². The van der Waals surface area contributed by atoms with Crippen molar-refractivity contribution in [3.05, 3.63) is 65.5 Å². The Morgan fingerprint density at radius 1 is 1.07 bits per heavy atom. The summed E-state index contributed by atoms with van der Waals surface area (Å²) in [5, 5.41) is 1.23. The van der Waals surface area contributed by atoms with Gasteiger partial charge in [0.25, 0.3) is 5.91 Å².